The highest BCUT2D eigenvalue weighted by Crippen LogP contribution is 2.41. The molecule has 2 aliphatic rings. The van der Waals surface area contributed by atoms with Gasteiger partial charge in [0.05, 0.1) is 5.57 Å². The molecule has 0 amide bonds. The van der Waals surface area contributed by atoms with Crippen LogP contribution in [0.3, 0.4) is 0 Å². The molecular weight excluding hydrogens is 252 g/mol. The van der Waals surface area contributed by atoms with Crippen LogP contribution in [-0.2, 0) is 4.79 Å². The van der Waals surface area contributed by atoms with Gasteiger partial charge in [-0.2, -0.15) is 0 Å². The van der Waals surface area contributed by atoms with Gasteiger partial charge in [-0.1, -0.05) is 38.1 Å². The van der Waals surface area contributed by atoms with Crippen molar-refractivity contribution in [3.63, 3.8) is 0 Å². The normalized spacial score (nSPS) is 20.1. The third-order valence-corrected chi connectivity index (χ3v) is 3.99. The van der Waals surface area contributed by atoms with E-state index in [2.05, 4.69) is 0 Å². The van der Waals surface area contributed by atoms with Crippen LogP contribution in [0, 0.1) is 12.3 Å². The highest BCUT2D eigenvalue weighted by molar-refractivity contribution is 6.39. The molecule has 3 nitrogen and oxygen atoms in total. The van der Waals surface area contributed by atoms with Crippen molar-refractivity contribution in [3.05, 3.63) is 58.2 Å². The van der Waals surface area contributed by atoms with Crippen LogP contribution in [0.2, 0.25) is 0 Å². The van der Waals surface area contributed by atoms with E-state index >= 15 is 0 Å². The van der Waals surface area contributed by atoms with Crippen molar-refractivity contribution in [1.29, 1.82) is 0 Å². The summed E-state index contributed by atoms with van der Waals surface area (Å²) in [4.78, 5) is 37.4. The summed E-state index contributed by atoms with van der Waals surface area (Å²) in [5.74, 6) is -0.902. The Morgan fingerprint density at radius 2 is 1.70 bits per heavy atom. The zero-order chi connectivity index (χ0) is 14.7. The molecule has 20 heavy (non-hydrogen) atoms. The Morgan fingerprint density at radius 1 is 1.00 bits per heavy atom. The van der Waals surface area contributed by atoms with Gasteiger partial charge in [0, 0.05) is 22.1 Å². The molecule has 0 atom stereocenters. The molecule has 0 aliphatic heterocycles. The van der Waals surface area contributed by atoms with Gasteiger partial charge >= 0.3 is 0 Å². The number of carbonyl (C=O) groups is 3. The Kier molecular flexibility index (Phi) is 2.45. The molecule has 0 aromatic heterocycles. The van der Waals surface area contributed by atoms with Crippen LogP contribution in [0.5, 0.6) is 0 Å². The van der Waals surface area contributed by atoms with E-state index in [0.717, 1.165) is 5.56 Å². The van der Waals surface area contributed by atoms with E-state index in [9.17, 15) is 14.4 Å². The molecule has 0 N–H and O–H groups in total. The molecule has 3 rings (SSSR count). The molecule has 0 bridgehead atoms. The van der Waals surface area contributed by atoms with Crippen molar-refractivity contribution in [1.82, 2.24) is 0 Å². The van der Waals surface area contributed by atoms with Crippen LogP contribution >= 0.6 is 0 Å². The fourth-order valence-corrected chi connectivity index (χ4v) is 2.95. The number of aryl methyl sites for hydroxylation is 1. The van der Waals surface area contributed by atoms with Crippen LogP contribution < -0.4 is 0 Å². The Morgan fingerprint density at radius 3 is 2.40 bits per heavy atom. The fourth-order valence-electron chi connectivity index (χ4n) is 2.95. The van der Waals surface area contributed by atoms with E-state index in [4.69, 9.17) is 0 Å². The van der Waals surface area contributed by atoms with E-state index in [1.807, 2.05) is 26.8 Å². The Hall–Kier alpha value is -2.29. The summed E-state index contributed by atoms with van der Waals surface area (Å²) in [6, 6.07) is 5.16. The lowest BCUT2D eigenvalue weighted by Crippen LogP contribution is -2.35. The minimum absolute atomic E-state index is 0.0422. The highest BCUT2D eigenvalue weighted by Gasteiger charge is 2.43. The predicted octanol–water partition coefficient (Wildman–Crippen LogP) is 2.84. The molecule has 0 radical (unpaired) electrons. The summed E-state index contributed by atoms with van der Waals surface area (Å²) >= 11 is 0. The van der Waals surface area contributed by atoms with Crippen LogP contribution in [0.15, 0.2) is 41.5 Å². The van der Waals surface area contributed by atoms with Gasteiger partial charge in [-0.25, -0.2) is 0 Å². The quantitative estimate of drug-likeness (QED) is 0.678. The molecule has 0 fully saturated rings. The first-order chi connectivity index (χ1) is 9.34. The number of Topliss-reactive ketones (excluding diaryl/α,β-unsaturated/α-hetero) is 2. The van der Waals surface area contributed by atoms with E-state index in [1.54, 1.807) is 18.2 Å². The molecule has 0 saturated carbocycles. The number of carbonyl (C=O) groups excluding carboxylic acids is 3. The Bertz CT molecular complexity index is 745. The van der Waals surface area contributed by atoms with Crippen molar-refractivity contribution < 1.29 is 14.4 Å². The number of ketones is 3. The zero-order valence-electron chi connectivity index (χ0n) is 11.6. The number of hydrogen-bond donors (Lipinski definition) is 0. The van der Waals surface area contributed by atoms with Gasteiger partial charge in [0.15, 0.2) is 17.3 Å². The van der Waals surface area contributed by atoms with Crippen LogP contribution in [-0.4, -0.2) is 17.3 Å². The molecule has 100 valence electrons. The van der Waals surface area contributed by atoms with Crippen molar-refractivity contribution >= 4 is 17.3 Å². The summed E-state index contributed by atoms with van der Waals surface area (Å²) in [6.45, 7) is 5.50. The van der Waals surface area contributed by atoms with Crippen molar-refractivity contribution in [2.45, 2.75) is 20.8 Å². The lowest BCUT2D eigenvalue weighted by molar-refractivity contribution is -0.111. The first-order valence-corrected chi connectivity index (χ1v) is 6.52. The second-order valence-electron chi connectivity index (χ2n) is 5.82. The molecule has 0 saturated heterocycles. The van der Waals surface area contributed by atoms with E-state index in [0.29, 0.717) is 16.7 Å². The predicted molar refractivity (Wildman–Crippen MR) is 74.8 cm³/mol. The number of fused-ring (bicyclic) bond motifs is 1. The van der Waals surface area contributed by atoms with Gasteiger partial charge in [0.2, 0.25) is 0 Å². The molecule has 0 spiro atoms. The maximum atomic E-state index is 12.8. The number of hydrogen-bond acceptors (Lipinski definition) is 3. The SMILES string of the molecule is Cc1cccc2c1C(=O)C1=C(C(=O)C=CC1(C)C)C2=O. The Balaban J connectivity index is 2.37. The third kappa shape index (κ3) is 1.49. The average Bonchev–Trinajstić information content (AvgIpc) is 2.38. The summed E-state index contributed by atoms with van der Waals surface area (Å²) in [7, 11) is 0. The largest absolute Gasteiger partial charge is 0.289 e. The van der Waals surface area contributed by atoms with Gasteiger partial charge in [-0.3, -0.25) is 14.4 Å². The number of allylic oxidation sites excluding steroid dienone is 4. The standard InChI is InChI=1S/C17H14O3/c1-9-5-4-6-10-12(9)16(20)14-13(15(10)19)11(18)7-8-17(14,2)3/h4-8H,1-3H3. The molecule has 3 heteroatoms. The zero-order valence-corrected chi connectivity index (χ0v) is 11.6. The molecule has 0 unspecified atom stereocenters. The van der Waals surface area contributed by atoms with Crippen molar-refractivity contribution in [2.24, 2.45) is 5.41 Å². The summed E-state index contributed by atoms with van der Waals surface area (Å²) < 4.78 is 0. The number of benzene rings is 1. The van der Waals surface area contributed by atoms with Crippen LogP contribution in [0.25, 0.3) is 0 Å². The monoisotopic (exact) mass is 266 g/mol. The van der Waals surface area contributed by atoms with Gasteiger partial charge < -0.3 is 0 Å². The highest BCUT2D eigenvalue weighted by atomic mass is 16.2. The smallest absolute Gasteiger partial charge is 0.198 e. The molecule has 1 aromatic rings. The fraction of sp³-hybridized carbons (Fsp3) is 0.235. The van der Waals surface area contributed by atoms with E-state index < -0.39 is 5.41 Å². The Labute approximate surface area is 117 Å². The van der Waals surface area contributed by atoms with E-state index in [1.165, 1.54) is 6.08 Å². The topological polar surface area (TPSA) is 51.2 Å². The third-order valence-electron chi connectivity index (χ3n) is 3.99. The maximum absolute atomic E-state index is 12.8. The van der Waals surface area contributed by atoms with Gasteiger partial charge in [0.25, 0.3) is 0 Å². The average molecular weight is 266 g/mol. The first-order valence-electron chi connectivity index (χ1n) is 6.52. The van der Waals surface area contributed by atoms with Gasteiger partial charge in [-0.15, -0.1) is 0 Å². The molecule has 2 aliphatic carbocycles. The molecular formula is C17H14O3. The second-order valence-corrected chi connectivity index (χ2v) is 5.82. The molecule has 1 aromatic carbocycles. The lowest BCUT2D eigenvalue weighted by atomic mass is 9.68. The summed E-state index contributed by atoms with van der Waals surface area (Å²) in [5.41, 5.74) is 1.32. The maximum Gasteiger partial charge on any atom is 0.198 e. The second kappa shape index (κ2) is 3.85. The van der Waals surface area contributed by atoms with Crippen molar-refractivity contribution in [3.8, 4) is 0 Å². The van der Waals surface area contributed by atoms with Gasteiger partial charge in [0.1, 0.15) is 0 Å². The van der Waals surface area contributed by atoms with Crippen molar-refractivity contribution in [2.75, 3.05) is 0 Å². The lowest BCUT2D eigenvalue weighted by Gasteiger charge is -2.32. The minimum atomic E-state index is -0.601. The van der Waals surface area contributed by atoms with Gasteiger partial charge in [-0.05, 0) is 18.6 Å². The van der Waals surface area contributed by atoms with Crippen LogP contribution in [0.1, 0.15) is 40.1 Å². The first kappa shape index (κ1) is 12.7. The minimum Gasteiger partial charge on any atom is -0.289 e. The van der Waals surface area contributed by atoms with Crippen LogP contribution in [0.4, 0.5) is 0 Å². The summed E-state index contributed by atoms with van der Waals surface area (Å²) in [5, 5.41) is 0. The molecule has 0 heterocycles. The summed E-state index contributed by atoms with van der Waals surface area (Å²) in [6.07, 6.45) is 3.09. The number of rotatable bonds is 0. The van der Waals surface area contributed by atoms with E-state index in [-0.39, 0.29) is 22.9 Å².